The molecule has 2 rings (SSSR count). The third-order valence-corrected chi connectivity index (χ3v) is 5.00. The first-order valence-electron chi connectivity index (χ1n) is 8.25. The minimum atomic E-state index is -0.572. The fourth-order valence-corrected chi connectivity index (χ4v) is 3.55. The highest BCUT2D eigenvalue weighted by Gasteiger charge is 2.16. The van der Waals surface area contributed by atoms with Gasteiger partial charge in [0, 0.05) is 28.8 Å². The monoisotopic (exact) mass is 377 g/mol. The second kappa shape index (κ2) is 8.27. The molecule has 1 amide bonds. The quantitative estimate of drug-likeness (QED) is 0.592. The van der Waals surface area contributed by atoms with Crippen LogP contribution in [0.2, 0.25) is 0 Å². The SMILES string of the molecule is Cc1cc(C(=O)CCC(=O)OCC(=O)Nc2c(C)nn(C)c2C)c(C)s1. The Bertz CT molecular complexity index is 851. The summed E-state index contributed by atoms with van der Waals surface area (Å²) >= 11 is 1.55. The fraction of sp³-hybridized carbons (Fsp3) is 0.444. The molecule has 0 fully saturated rings. The van der Waals surface area contributed by atoms with E-state index in [4.69, 9.17) is 4.74 Å². The van der Waals surface area contributed by atoms with Gasteiger partial charge in [0.05, 0.1) is 23.5 Å². The van der Waals surface area contributed by atoms with Crippen LogP contribution in [0, 0.1) is 27.7 Å². The van der Waals surface area contributed by atoms with Gasteiger partial charge in [0.15, 0.2) is 12.4 Å². The van der Waals surface area contributed by atoms with E-state index in [1.54, 1.807) is 30.0 Å². The van der Waals surface area contributed by atoms with Crippen molar-refractivity contribution in [3.63, 3.8) is 0 Å². The third kappa shape index (κ3) is 4.78. The van der Waals surface area contributed by atoms with Crippen molar-refractivity contribution in [2.75, 3.05) is 11.9 Å². The molecule has 1 N–H and O–H groups in total. The number of nitrogens with zero attached hydrogens (tertiary/aromatic N) is 2. The molecule has 0 aliphatic rings. The summed E-state index contributed by atoms with van der Waals surface area (Å²) in [6, 6.07) is 1.83. The Morgan fingerprint density at radius 2 is 1.88 bits per heavy atom. The van der Waals surface area contributed by atoms with E-state index in [9.17, 15) is 14.4 Å². The van der Waals surface area contributed by atoms with Gasteiger partial charge in [0.1, 0.15) is 0 Å². The van der Waals surface area contributed by atoms with E-state index in [1.165, 1.54) is 0 Å². The molecule has 2 aromatic heterocycles. The number of hydrogen-bond acceptors (Lipinski definition) is 6. The maximum Gasteiger partial charge on any atom is 0.306 e. The zero-order valence-electron chi connectivity index (χ0n) is 15.6. The Hall–Kier alpha value is -2.48. The molecule has 0 atom stereocenters. The van der Waals surface area contributed by atoms with E-state index in [0.29, 0.717) is 16.9 Å². The smallest absolute Gasteiger partial charge is 0.306 e. The van der Waals surface area contributed by atoms with Crippen LogP contribution >= 0.6 is 11.3 Å². The van der Waals surface area contributed by atoms with Crippen LogP contribution < -0.4 is 5.32 Å². The lowest BCUT2D eigenvalue weighted by molar-refractivity contribution is -0.147. The fourth-order valence-electron chi connectivity index (χ4n) is 2.61. The van der Waals surface area contributed by atoms with Crippen LogP contribution in [-0.2, 0) is 21.4 Å². The first-order chi connectivity index (χ1) is 12.2. The number of amides is 1. The lowest BCUT2D eigenvalue weighted by Crippen LogP contribution is -2.21. The molecule has 0 unspecified atom stereocenters. The van der Waals surface area contributed by atoms with E-state index < -0.39 is 18.5 Å². The van der Waals surface area contributed by atoms with Crippen molar-refractivity contribution >= 4 is 34.7 Å². The number of aromatic nitrogens is 2. The number of hydrogen-bond donors (Lipinski definition) is 1. The highest BCUT2D eigenvalue weighted by molar-refractivity contribution is 7.12. The molecule has 140 valence electrons. The number of carbonyl (C=O) groups is 3. The van der Waals surface area contributed by atoms with Crippen molar-refractivity contribution in [1.82, 2.24) is 9.78 Å². The number of thiophene rings is 1. The summed E-state index contributed by atoms with van der Waals surface area (Å²) in [5.41, 5.74) is 2.78. The summed E-state index contributed by atoms with van der Waals surface area (Å²) < 4.78 is 6.62. The molecule has 7 nitrogen and oxygen atoms in total. The average molecular weight is 377 g/mol. The van der Waals surface area contributed by atoms with E-state index in [2.05, 4.69) is 10.4 Å². The number of esters is 1. The molecule has 26 heavy (non-hydrogen) atoms. The zero-order chi connectivity index (χ0) is 19.4. The Morgan fingerprint density at radius 1 is 1.19 bits per heavy atom. The second-order valence-corrected chi connectivity index (χ2v) is 7.59. The Kier molecular flexibility index (Phi) is 6.31. The highest BCUT2D eigenvalue weighted by atomic mass is 32.1. The minimum absolute atomic E-state index is 0.0502. The number of aryl methyl sites for hydroxylation is 4. The van der Waals surface area contributed by atoms with Gasteiger partial charge in [-0.1, -0.05) is 0 Å². The van der Waals surface area contributed by atoms with Crippen molar-refractivity contribution in [3.05, 3.63) is 32.8 Å². The Morgan fingerprint density at radius 3 is 2.42 bits per heavy atom. The van der Waals surface area contributed by atoms with Gasteiger partial charge < -0.3 is 10.1 Å². The van der Waals surface area contributed by atoms with Crippen LogP contribution in [0.25, 0.3) is 0 Å². The summed E-state index contributed by atoms with van der Waals surface area (Å²) in [6.07, 6.45) is 0.0175. The number of anilines is 1. The van der Waals surface area contributed by atoms with E-state index in [-0.39, 0.29) is 18.6 Å². The van der Waals surface area contributed by atoms with Crippen LogP contribution in [0.3, 0.4) is 0 Å². The lowest BCUT2D eigenvalue weighted by Gasteiger charge is -2.07. The molecule has 2 aromatic rings. The van der Waals surface area contributed by atoms with Crippen molar-refractivity contribution in [1.29, 1.82) is 0 Å². The molecular weight excluding hydrogens is 354 g/mol. The van der Waals surface area contributed by atoms with E-state index in [0.717, 1.165) is 15.4 Å². The minimum Gasteiger partial charge on any atom is -0.456 e. The predicted octanol–water partition coefficient (Wildman–Crippen LogP) is 2.86. The molecule has 8 heteroatoms. The molecular formula is C18H23N3O4S. The maximum atomic E-state index is 12.2. The number of ketones is 1. The first kappa shape index (κ1) is 19.8. The van der Waals surface area contributed by atoms with Gasteiger partial charge in [-0.05, 0) is 33.8 Å². The number of nitrogens with one attached hydrogen (secondary N) is 1. The van der Waals surface area contributed by atoms with Gasteiger partial charge in [-0.2, -0.15) is 5.10 Å². The molecule has 2 heterocycles. The third-order valence-electron chi connectivity index (χ3n) is 4.04. The van der Waals surface area contributed by atoms with Crippen molar-refractivity contribution < 1.29 is 19.1 Å². The number of ether oxygens (including phenoxy) is 1. The number of Topliss-reactive ketones (excluding diaryl/α,β-unsaturated/α-hetero) is 1. The maximum absolute atomic E-state index is 12.2. The van der Waals surface area contributed by atoms with E-state index in [1.807, 2.05) is 26.8 Å². The molecule has 0 aliphatic carbocycles. The molecule has 0 aliphatic heterocycles. The van der Waals surface area contributed by atoms with Crippen LogP contribution in [0.1, 0.15) is 44.3 Å². The zero-order valence-corrected chi connectivity index (χ0v) is 16.5. The largest absolute Gasteiger partial charge is 0.456 e. The van der Waals surface area contributed by atoms with Crippen molar-refractivity contribution in [2.24, 2.45) is 7.05 Å². The molecule has 0 radical (unpaired) electrons. The van der Waals surface area contributed by atoms with Crippen LogP contribution in [0.15, 0.2) is 6.07 Å². The summed E-state index contributed by atoms with van der Waals surface area (Å²) in [7, 11) is 1.78. The average Bonchev–Trinajstić information content (AvgIpc) is 3.03. The summed E-state index contributed by atoms with van der Waals surface area (Å²) in [6.45, 7) is 7.05. The Balaban J connectivity index is 1.78. The van der Waals surface area contributed by atoms with Gasteiger partial charge in [0.2, 0.25) is 0 Å². The molecule has 0 spiro atoms. The predicted molar refractivity (Wildman–Crippen MR) is 99.6 cm³/mol. The first-order valence-corrected chi connectivity index (χ1v) is 9.06. The summed E-state index contributed by atoms with van der Waals surface area (Å²) in [5.74, 6) is -1.10. The highest BCUT2D eigenvalue weighted by Crippen LogP contribution is 2.22. The number of carbonyl (C=O) groups excluding carboxylic acids is 3. The van der Waals surface area contributed by atoms with Crippen LogP contribution in [0.5, 0.6) is 0 Å². The lowest BCUT2D eigenvalue weighted by atomic mass is 10.1. The van der Waals surface area contributed by atoms with Gasteiger partial charge in [0.25, 0.3) is 5.91 Å². The van der Waals surface area contributed by atoms with Gasteiger partial charge >= 0.3 is 5.97 Å². The molecule has 0 bridgehead atoms. The van der Waals surface area contributed by atoms with Gasteiger partial charge in [-0.15, -0.1) is 11.3 Å². The molecule has 0 saturated carbocycles. The van der Waals surface area contributed by atoms with E-state index >= 15 is 0 Å². The Labute approximate surface area is 156 Å². The van der Waals surface area contributed by atoms with Crippen LogP contribution in [-0.4, -0.2) is 34.0 Å². The topological polar surface area (TPSA) is 90.3 Å². The van der Waals surface area contributed by atoms with Gasteiger partial charge in [-0.3, -0.25) is 19.1 Å². The summed E-state index contributed by atoms with van der Waals surface area (Å²) in [4.78, 5) is 37.9. The summed E-state index contributed by atoms with van der Waals surface area (Å²) in [5, 5.41) is 6.89. The second-order valence-electron chi connectivity index (χ2n) is 6.13. The van der Waals surface area contributed by atoms with Crippen molar-refractivity contribution in [2.45, 2.75) is 40.5 Å². The van der Waals surface area contributed by atoms with Gasteiger partial charge in [-0.25, -0.2) is 0 Å². The molecule has 0 saturated heterocycles. The van der Waals surface area contributed by atoms with Crippen molar-refractivity contribution in [3.8, 4) is 0 Å². The standard InChI is InChI=1S/C18H23N3O4S/c1-10-8-14(13(4)26-10)15(22)6-7-17(24)25-9-16(23)19-18-11(2)20-21(5)12(18)3/h8H,6-7,9H2,1-5H3,(H,19,23). The molecule has 0 aromatic carbocycles. The number of rotatable bonds is 7. The normalized spacial score (nSPS) is 10.7. The van der Waals surface area contributed by atoms with Crippen LogP contribution in [0.4, 0.5) is 5.69 Å².